The molecule has 0 aromatic carbocycles. The number of nitrogens with zero attached hydrogens (tertiary/aromatic N) is 4. The molecule has 2 aliphatic heterocycles. The first kappa shape index (κ1) is 16.4. The van der Waals surface area contributed by atoms with Crippen molar-refractivity contribution >= 4 is 34.6 Å². The predicted molar refractivity (Wildman–Crippen MR) is 95.3 cm³/mol. The first-order valence-corrected chi connectivity index (χ1v) is 8.58. The number of pyridine rings is 1. The Labute approximate surface area is 146 Å². The Morgan fingerprint density at radius 3 is 2.96 bits per heavy atom. The summed E-state index contributed by atoms with van der Waals surface area (Å²) in [6.07, 6.45) is 2.30. The first-order chi connectivity index (χ1) is 11.2. The molecule has 3 rings (SSSR count). The molecule has 6 nitrogen and oxygen atoms in total. The molecule has 1 aromatic rings. The van der Waals surface area contributed by atoms with Gasteiger partial charge in [0.2, 0.25) is 0 Å². The van der Waals surface area contributed by atoms with Crippen molar-refractivity contribution < 1.29 is 4.74 Å². The van der Waals surface area contributed by atoms with Gasteiger partial charge in [0.15, 0.2) is 5.11 Å². The minimum atomic E-state index is 0.558. The highest BCUT2D eigenvalue weighted by molar-refractivity contribution is 7.80. The Balaban J connectivity index is 1.64. The third-order valence-electron chi connectivity index (χ3n) is 4.08. The van der Waals surface area contributed by atoms with Gasteiger partial charge in [0.05, 0.1) is 17.3 Å². The first-order valence-electron chi connectivity index (χ1n) is 7.80. The van der Waals surface area contributed by atoms with E-state index in [9.17, 15) is 0 Å². The van der Waals surface area contributed by atoms with Crippen molar-refractivity contribution in [2.24, 2.45) is 5.10 Å². The number of likely N-dealkylation sites (N-methyl/N-ethyl adjacent to an activating group) is 1. The van der Waals surface area contributed by atoms with Gasteiger partial charge in [-0.05, 0) is 18.8 Å². The van der Waals surface area contributed by atoms with Crippen LogP contribution >= 0.6 is 23.8 Å². The Morgan fingerprint density at radius 2 is 2.22 bits per heavy atom. The maximum Gasteiger partial charge on any atom is 0.189 e. The summed E-state index contributed by atoms with van der Waals surface area (Å²) in [4.78, 5) is 8.88. The Kier molecular flexibility index (Phi) is 5.30. The second-order valence-corrected chi connectivity index (χ2v) is 6.32. The third kappa shape index (κ3) is 3.91. The third-order valence-corrected chi connectivity index (χ3v) is 4.64. The average molecular weight is 354 g/mol. The van der Waals surface area contributed by atoms with E-state index in [-0.39, 0.29) is 0 Å². The molecule has 1 aromatic heterocycles. The fraction of sp³-hybridized carbons (Fsp3) is 0.533. The number of fused-ring (bicyclic) bond motifs is 1. The monoisotopic (exact) mass is 353 g/mol. The van der Waals surface area contributed by atoms with Crippen LogP contribution in [0.3, 0.4) is 0 Å². The molecule has 0 bridgehead atoms. The largest absolute Gasteiger partial charge is 0.491 e. The predicted octanol–water partition coefficient (Wildman–Crippen LogP) is 1.73. The molecule has 1 N–H and O–H groups in total. The topological polar surface area (TPSA) is 53.0 Å². The number of nitrogens with one attached hydrogen (secondary N) is 1. The van der Waals surface area contributed by atoms with E-state index in [1.165, 1.54) is 0 Å². The van der Waals surface area contributed by atoms with Gasteiger partial charge in [0.25, 0.3) is 0 Å². The van der Waals surface area contributed by atoms with Gasteiger partial charge in [-0.2, -0.15) is 5.10 Å². The molecule has 0 atom stereocenters. The van der Waals surface area contributed by atoms with E-state index in [0.29, 0.717) is 28.9 Å². The van der Waals surface area contributed by atoms with Crippen LogP contribution < -0.4 is 10.2 Å². The molecule has 2 aliphatic rings. The highest BCUT2D eigenvalue weighted by atomic mass is 35.5. The van der Waals surface area contributed by atoms with Crippen LogP contribution in [0.4, 0.5) is 0 Å². The maximum absolute atomic E-state index is 5.95. The molecule has 0 spiro atoms. The second kappa shape index (κ2) is 7.42. The number of ether oxygens (including phenoxy) is 1. The van der Waals surface area contributed by atoms with Gasteiger partial charge < -0.3 is 14.5 Å². The van der Waals surface area contributed by atoms with E-state index in [1.54, 1.807) is 12.3 Å². The summed E-state index contributed by atoms with van der Waals surface area (Å²) in [6, 6.07) is 1.76. The Hall–Kier alpha value is -1.44. The Bertz CT molecular complexity index is 616. The molecule has 0 saturated carbocycles. The standard InChI is InChI=1S/C15H20ClN5OS/c1-2-20-4-6-21(7-5-20)15(23)19-18-12-3-8-22-13-9-11(16)10-17-14(12)13/h9-10H,2-8H2,1H3,(H,19,23)/b18-12-. The zero-order valence-corrected chi connectivity index (χ0v) is 14.7. The number of halogens is 1. The number of piperazine rings is 1. The molecule has 0 unspecified atom stereocenters. The molecule has 23 heavy (non-hydrogen) atoms. The van der Waals surface area contributed by atoms with Crippen LogP contribution in [0.2, 0.25) is 5.02 Å². The van der Waals surface area contributed by atoms with Gasteiger partial charge in [0, 0.05) is 44.9 Å². The number of rotatable bonds is 2. The minimum absolute atomic E-state index is 0.558. The van der Waals surface area contributed by atoms with Gasteiger partial charge in [0.1, 0.15) is 11.4 Å². The molecule has 1 fully saturated rings. The van der Waals surface area contributed by atoms with Crippen molar-refractivity contribution in [2.45, 2.75) is 13.3 Å². The summed E-state index contributed by atoms with van der Waals surface area (Å²) in [6.45, 7) is 7.76. The van der Waals surface area contributed by atoms with Crippen LogP contribution in [0.25, 0.3) is 0 Å². The van der Waals surface area contributed by atoms with Gasteiger partial charge in [-0.1, -0.05) is 18.5 Å². The highest BCUT2D eigenvalue weighted by Gasteiger charge is 2.20. The maximum atomic E-state index is 5.95. The van der Waals surface area contributed by atoms with Crippen LogP contribution in [0.1, 0.15) is 19.0 Å². The van der Waals surface area contributed by atoms with Crippen LogP contribution in [0.5, 0.6) is 5.75 Å². The van der Waals surface area contributed by atoms with Crippen molar-refractivity contribution in [1.29, 1.82) is 0 Å². The quantitative estimate of drug-likeness (QED) is 0.645. The van der Waals surface area contributed by atoms with Crippen LogP contribution in [0.15, 0.2) is 17.4 Å². The van der Waals surface area contributed by atoms with E-state index < -0.39 is 0 Å². The number of hydrogen-bond acceptors (Lipinski definition) is 5. The summed E-state index contributed by atoms with van der Waals surface area (Å²) in [5.74, 6) is 0.673. The lowest BCUT2D eigenvalue weighted by atomic mass is 10.1. The SMILES string of the molecule is CCN1CCN(C(=S)N/N=C2/CCOc3cc(Cl)cnc32)CC1. The van der Waals surface area contributed by atoms with E-state index >= 15 is 0 Å². The average Bonchev–Trinajstić information content (AvgIpc) is 2.59. The molecular formula is C15H20ClN5OS. The molecule has 0 aliphatic carbocycles. The normalized spacial score (nSPS) is 20.1. The lowest BCUT2D eigenvalue weighted by Gasteiger charge is -2.35. The molecule has 3 heterocycles. The van der Waals surface area contributed by atoms with E-state index in [4.69, 9.17) is 28.6 Å². The summed E-state index contributed by atoms with van der Waals surface area (Å²) in [7, 11) is 0. The number of hydrogen-bond donors (Lipinski definition) is 1. The number of thiocarbonyl (C=S) groups is 1. The molecule has 124 valence electrons. The lowest BCUT2D eigenvalue weighted by molar-refractivity contribution is 0.189. The summed E-state index contributed by atoms with van der Waals surface area (Å²) >= 11 is 11.4. The fourth-order valence-corrected chi connectivity index (χ4v) is 3.06. The minimum Gasteiger partial charge on any atom is -0.491 e. The summed E-state index contributed by atoms with van der Waals surface area (Å²) < 4.78 is 5.58. The number of hydrazone groups is 1. The van der Waals surface area contributed by atoms with Gasteiger partial charge in [-0.15, -0.1) is 0 Å². The van der Waals surface area contributed by atoms with Crippen LogP contribution in [-0.2, 0) is 0 Å². The van der Waals surface area contributed by atoms with Crippen LogP contribution in [-0.4, -0.2) is 64.9 Å². The lowest BCUT2D eigenvalue weighted by Crippen LogP contribution is -2.50. The van der Waals surface area contributed by atoms with Gasteiger partial charge in [-0.25, -0.2) is 4.98 Å². The summed E-state index contributed by atoms with van der Waals surface area (Å²) in [5, 5.41) is 5.67. The van der Waals surface area contributed by atoms with Crippen molar-refractivity contribution in [3.05, 3.63) is 23.0 Å². The van der Waals surface area contributed by atoms with Gasteiger partial charge >= 0.3 is 0 Å². The van der Waals surface area contributed by atoms with E-state index in [2.05, 4.69) is 32.2 Å². The Morgan fingerprint density at radius 1 is 1.43 bits per heavy atom. The molecule has 0 radical (unpaired) electrons. The fourth-order valence-electron chi connectivity index (χ4n) is 2.69. The van der Waals surface area contributed by atoms with E-state index in [0.717, 1.165) is 44.1 Å². The zero-order chi connectivity index (χ0) is 16.2. The molecule has 0 amide bonds. The number of aromatic nitrogens is 1. The zero-order valence-electron chi connectivity index (χ0n) is 13.1. The molecule has 8 heteroatoms. The smallest absolute Gasteiger partial charge is 0.189 e. The van der Waals surface area contributed by atoms with Crippen LogP contribution in [0, 0.1) is 0 Å². The van der Waals surface area contributed by atoms with E-state index in [1.807, 2.05) is 0 Å². The van der Waals surface area contributed by atoms with Crippen molar-refractivity contribution in [1.82, 2.24) is 20.2 Å². The van der Waals surface area contributed by atoms with Crippen molar-refractivity contribution in [3.63, 3.8) is 0 Å². The second-order valence-electron chi connectivity index (χ2n) is 5.50. The highest BCUT2D eigenvalue weighted by Crippen LogP contribution is 2.25. The van der Waals surface area contributed by atoms with Crippen molar-refractivity contribution in [2.75, 3.05) is 39.3 Å². The molecular weight excluding hydrogens is 334 g/mol. The van der Waals surface area contributed by atoms with Gasteiger partial charge in [-0.3, -0.25) is 5.43 Å². The van der Waals surface area contributed by atoms with Crippen molar-refractivity contribution in [3.8, 4) is 5.75 Å². The molecule has 1 saturated heterocycles. The summed E-state index contributed by atoms with van der Waals surface area (Å²) in [5.41, 5.74) is 4.58.